The highest BCUT2D eigenvalue weighted by molar-refractivity contribution is 7.16. The number of carbonyl (C=O) groups is 4. The van der Waals surface area contributed by atoms with Crippen molar-refractivity contribution in [2.45, 2.75) is 32.6 Å². The maximum absolute atomic E-state index is 13.6. The second-order valence-electron chi connectivity index (χ2n) is 9.74. The number of benzene rings is 1. The average Bonchev–Trinajstić information content (AvgIpc) is 3.19. The fourth-order valence-corrected chi connectivity index (χ4v) is 4.95. The summed E-state index contributed by atoms with van der Waals surface area (Å²) in [7, 11) is 2.81. The van der Waals surface area contributed by atoms with Crippen molar-refractivity contribution < 1.29 is 28.4 Å². The van der Waals surface area contributed by atoms with Crippen LogP contribution in [0.25, 0.3) is 0 Å². The van der Waals surface area contributed by atoms with Crippen LogP contribution in [0.15, 0.2) is 24.3 Å². The summed E-state index contributed by atoms with van der Waals surface area (Å²) in [5.74, 6) is -1.51. The molecule has 0 atom stereocenters. The van der Waals surface area contributed by atoms with E-state index in [1.807, 2.05) is 20.8 Å². The number of thiophene rings is 1. The third-order valence-corrected chi connectivity index (χ3v) is 7.72. The number of carbonyl (C=O) groups excluding carboxylic acids is 4. The molecule has 10 nitrogen and oxygen atoms in total. The Balaban J connectivity index is 1.79. The Labute approximate surface area is 229 Å². The van der Waals surface area contributed by atoms with Crippen molar-refractivity contribution in [2.75, 3.05) is 51.0 Å². The zero-order valence-corrected chi connectivity index (χ0v) is 23.5. The molecule has 5 amide bonds. The van der Waals surface area contributed by atoms with E-state index in [1.165, 1.54) is 47.4 Å². The molecule has 0 bridgehead atoms. The van der Waals surface area contributed by atoms with Gasteiger partial charge in [-0.1, -0.05) is 32.4 Å². The number of urea groups is 1. The molecular weight excluding hydrogens is 537 g/mol. The first-order valence-corrected chi connectivity index (χ1v) is 13.0. The van der Waals surface area contributed by atoms with Crippen LogP contribution in [0.4, 0.5) is 19.9 Å². The van der Waals surface area contributed by atoms with Crippen molar-refractivity contribution in [3.05, 3.63) is 45.5 Å². The summed E-state index contributed by atoms with van der Waals surface area (Å²) in [4.78, 5) is 59.9. The van der Waals surface area contributed by atoms with Gasteiger partial charge in [-0.2, -0.15) is 0 Å². The van der Waals surface area contributed by atoms with Crippen LogP contribution in [0.3, 0.4) is 0 Å². The number of likely N-dealkylation sites (N-methyl/N-ethyl adjacent to an activating group) is 1. The predicted molar refractivity (Wildman–Crippen MR) is 144 cm³/mol. The molecule has 2 N–H and O–H groups in total. The Kier molecular flexibility index (Phi) is 9.34. The molecule has 206 valence electrons. The van der Waals surface area contributed by atoms with Crippen molar-refractivity contribution in [1.82, 2.24) is 14.9 Å². The fourth-order valence-electron chi connectivity index (χ4n) is 3.63. The Morgan fingerprint density at radius 2 is 1.87 bits per heavy atom. The van der Waals surface area contributed by atoms with Crippen LogP contribution in [0.1, 0.15) is 42.4 Å². The lowest BCUT2D eigenvalue weighted by Gasteiger charge is -2.23. The minimum atomic E-state index is -0.645. The molecule has 2 heterocycles. The molecule has 1 saturated heterocycles. The summed E-state index contributed by atoms with van der Waals surface area (Å²) in [6, 6.07) is 4.69. The maximum Gasteiger partial charge on any atom is 0.324 e. The number of halogens is 2. The number of anilines is 2. The lowest BCUT2D eigenvalue weighted by molar-refractivity contribution is -0.171. The summed E-state index contributed by atoms with van der Waals surface area (Å²) < 4.78 is 13.4. The monoisotopic (exact) mass is 567 g/mol. The molecule has 0 radical (unpaired) electrons. The van der Waals surface area contributed by atoms with Crippen LogP contribution in [-0.2, 0) is 19.8 Å². The highest BCUT2D eigenvalue weighted by Gasteiger charge is 2.30. The zero-order valence-electron chi connectivity index (χ0n) is 21.9. The van der Waals surface area contributed by atoms with E-state index in [1.54, 1.807) is 6.07 Å². The Morgan fingerprint density at radius 1 is 1.16 bits per heavy atom. The second-order valence-corrected chi connectivity index (χ2v) is 11.2. The molecule has 0 spiro atoms. The van der Waals surface area contributed by atoms with Gasteiger partial charge in [0.15, 0.2) is 0 Å². The molecule has 2 aromatic rings. The van der Waals surface area contributed by atoms with Gasteiger partial charge in [-0.15, -0.1) is 11.3 Å². The molecule has 1 aromatic heterocycles. The molecule has 1 aliphatic rings. The van der Waals surface area contributed by atoms with Crippen molar-refractivity contribution in [3.63, 3.8) is 0 Å². The zero-order chi connectivity index (χ0) is 28.2. The van der Waals surface area contributed by atoms with Gasteiger partial charge in [0.2, 0.25) is 5.91 Å². The molecule has 1 aromatic carbocycles. The molecule has 0 aliphatic carbocycles. The molecule has 0 saturated carbocycles. The van der Waals surface area contributed by atoms with Gasteiger partial charge < -0.3 is 15.1 Å². The van der Waals surface area contributed by atoms with Crippen LogP contribution in [0.5, 0.6) is 0 Å². The summed E-state index contributed by atoms with van der Waals surface area (Å²) in [5, 5.41) is 6.70. The lowest BCUT2D eigenvalue weighted by Crippen LogP contribution is -2.42. The number of hydrogen-bond donors (Lipinski definition) is 2. The van der Waals surface area contributed by atoms with Gasteiger partial charge in [0.05, 0.1) is 23.4 Å². The molecular formula is C25H31ClFN5O5S. The number of hydroxylamine groups is 2. The first-order valence-electron chi connectivity index (χ1n) is 11.8. The van der Waals surface area contributed by atoms with E-state index >= 15 is 0 Å². The van der Waals surface area contributed by atoms with Crippen molar-refractivity contribution in [2.24, 2.45) is 0 Å². The first-order chi connectivity index (χ1) is 17.8. The highest BCUT2D eigenvalue weighted by Crippen LogP contribution is 2.37. The fraction of sp³-hybridized carbons (Fsp3) is 0.440. The standard InChI is InChI=1S/C25H31ClFN5O5S/c1-25(2,3)19-13-16(22(38-19)29-24(36)28-18-7-6-15(27)12-17(18)26)23(35)31-9-8-20(33)32(11-10-31)14-21(34)30(4)37-5/h6-7,12-13H,8-11,14H2,1-5H3,(H2,28,29,36). The topological polar surface area (TPSA) is 111 Å². The predicted octanol–water partition coefficient (Wildman–Crippen LogP) is 4.18. The molecule has 3 rings (SSSR count). The largest absolute Gasteiger partial charge is 0.336 e. The van der Waals surface area contributed by atoms with Crippen LogP contribution in [0.2, 0.25) is 5.02 Å². The van der Waals surface area contributed by atoms with Gasteiger partial charge >= 0.3 is 6.03 Å². The van der Waals surface area contributed by atoms with E-state index < -0.39 is 11.8 Å². The summed E-state index contributed by atoms with van der Waals surface area (Å²) >= 11 is 7.29. The summed E-state index contributed by atoms with van der Waals surface area (Å²) in [6.45, 7) is 6.38. The summed E-state index contributed by atoms with van der Waals surface area (Å²) in [5.41, 5.74) is 0.206. The van der Waals surface area contributed by atoms with Crippen LogP contribution in [-0.4, -0.2) is 79.0 Å². The van der Waals surface area contributed by atoms with Gasteiger partial charge in [0.1, 0.15) is 17.4 Å². The Hall–Kier alpha value is -3.22. The lowest BCUT2D eigenvalue weighted by atomic mass is 9.94. The van der Waals surface area contributed by atoms with Crippen molar-refractivity contribution >= 4 is 57.4 Å². The average molecular weight is 568 g/mol. The SMILES string of the molecule is CON(C)C(=O)CN1CCN(C(=O)c2cc(C(C)(C)C)sc2NC(=O)Nc2ccc(F)cc2Cl)CCC1=O. The van der Waals surface area contributed by atoms with E-state index in [0.717, 1.165) is 16.0 Å². The molecule has 13 heteroatoms. The third kappa shape index (κ3) is 7.21. The van der Waals surface area contributed by atoms with E-state index in [9.17, 15) is 23.6 Å². The van der Waals surface area contributed by atoms with Crippen molar-refractivity contribution in [3.8, 4) is 0 Å². The van der Waals surface area contributed by atoms with Crippen LogP contribution >= 0.6 is 22.9 Å². The highest BCUT2D eigenvalue weighted by atomic mass is 35.5. The van der Waals surface area contributed by atoms with Gasteiger partial charge in [-0.05, 0) is 29.7 Å². The Bertz CT molecular complexity index is 1230. The summed E-state index contributed by atoms with van der Waals surface area (Å²) in [6.07, 6.45) is 0.0539. The maximum atomic E-state index is 13.6. The third-order valence-electron chi connectivity index (χ3n) is 5.93. The van der Waals surface area contributed by atoms with Crippen molar-refractivity contribution in [1.29, 1.82) is 0 Å². The van der Waals surface area contributed by atoms with E-state index in [4.69, 9.17) is 16.4 Å². The molecule has 0 unspecified atom stereocenters. The quantitative estimate of drug-likeness (QED) is 0.509. The van der Waals surface area contributed by atoms with Gasteiger partial charge in [0.25, 0.3) is 11.8 Å². The minimum absolute atomic E-state index is 0.0342. The van der Waals surface area contributed by atoms with Crippen LogP contribution in [0, 0.1) is 5.82 Å². The number of hydrogen-bond acceptors (Lipinski definition) is 6. The number of nitrogens with one attached hydrogen (secondary N) is 2. The number of rotatable bonds is 6. The van der Waals surface area contributed by atoms with Gasteiger partial charge in [-0.25, -0.2) is 14.2 Å². The Morgan fingerprint density at radius 3 is 2.50 bits per heavy atom. The van der Waals surface area contributed by atoms with Gasteiger partial charge in [-0.3, -0.25) is 24.5 Å². The van der Waals surface area contributed by atoms with E-state index in [0.29, 0.717) is 5.00 Å². The van der Waals surface area contributed by atoms with Gasteiger partial charge in [0, 0.05) is 38.0 Å². The molecule has 1 fully saturated rings. The number of amides is 5. The van der Waals surface area contributed by atoms with Crippen LogP contribution < -0.4 is 10.6 Å². The second kappa shape index (κ2) is 12.1. The molecule has 38 heavy (non-hydrogen) atoms. The van der Waals surface area contributed by atoms with E-state index in [-0.39, 0.29) is 72.0 Å². The first kappa shape index (κ1) is 29.3. The normalized spacial score (nSPS) is 14.2. The smallest absolute Gasteiger partial charge is 0.324 e. The molecule has 1 aliphatic heterocycles. The van der Waals surface area contributed by atoms with E-state index in [2.05, 4.69) is 10.6 Å². The minimum Gasteiger partial charge on any atom is -0.336 e. The number of nitrogens with zero attached hydrogens (tertiary/aromatic N) is 3.